The molecule has 2 nitrogen and oxygen atoms in total. The first-order valence-electron chi connectivity index (χ1n) is 7.11. The van der Waals surface area contributed by atoms with Crippen molar-refractivity contribution in [1.29, 1.82) is 5.41 Å². The lowest BCUT2D eigenvalue weighted by Crippen LogP contribution is -2.13. The van der Waals surface area contributed by atoms with Crippen LogP contribution >= 0.6 is 11.8 Å². The van der Waals surface area contributed by atoms with E-state index in [4.69, 9.17) is 11.1 Å². The summed E-state index contributed by atoms with van der Waals surface area (Å²) in [4.78, 5) is 0. The molecule has 0 aliphatic heterocycles. The molecule has 0 saturated heterocycles. The smallest absolute Gasteiger partial charge is 0.0919 e. The SMILES string of the molecule is Cc1cc(C)cc(CSC(CC(=N)N)c2ccccc2)c1. The van der Waals surface area contributed by atoms with E-state index in [1.54, 1.807) is 0 Å². The highest BCUT2D eigenvalue weighted by Gasteiger charge is 2.13. The molecule has 0 radical (unpaired) electrons. The van der Waals surface area contributed by atoms with E-state index in [1.165, 1.54) is 22.3 Å². The normalized spacial score (nSPS) is 12.1. The van der Waals surface area contributed by atoms with Gasteiger partial charge in [-0.25, -0.2) is 0 Å². The van der Waals surface area contributed by atoms with Gasteiger partial charge < -0.3 is 5.73 Å². The fourth-order valence-corrected chi connectivity index (χ4v) is 3.70. The van der Waals surface area contributed by atoms with Crippen LogP contribution in [0.3, 0.4) is 0 Å². The molecule has 1 atom stereocenters. The van der Waals surface area contributed by atoms with Gasteiger partial charge in [0, 0.05) is 17.4 Å². The van der Waals surface area contributed by atoms with Crippen molar-refractivity contribution in [3.05, 3.63) is 70.8 Å². The maximum Gasteiger partial charge on any atom is 0.0919 e. The minimum absolute atomic E-state index is 0.240. The topological polar surface area (TPSA) is 49.9 Å². The van der Waals surface area contributed by atoms with Gasteiger partial charge in [0.2, 0.25) is 0 Å². The second kappa shape index (κ2) is 7.32. The van der Waals surface area contributed by atoms with Crippen LogP contribution in [0.25, 0.3) is 0 Å². The predicted molar refractivity (Wildman–Crippen MR) is 92.9 cm³/mol. The number of aryl methyl sites for hydroxylation is 2. The van der Waals surface area contributed by atoms with Gasteiger partial charge in [-0.15, -0.1) is 11.8 Å². The Labute approximate surface area is 131 Å². The summed E-state index contributed by atoms with van der Waals surface area (Å²) in [5, 5.41) is 7.83. The molecule has 2 rings (SSSR count). The lowest BCUT2D eigenvalue weighted by molar-refractivity contribution is 0.984. The third-order valence-corrected chi connectivity index (χ3v) is 4.65. The molecular weight excluding hydrogens is 276 g/mol. The minimum Gasteiger partial charge on any atom is -0.388 e. The van der Waals surface area contributed by atoms with E-state index >= 15 is 0 Å². The van der Waals surface area contributed by atoms with Crippen LogP contribution < -0.4 is 5.73 Å². The van der Waals surface area contributed by atoms with E-state index in [0.29, 0.717) is 6.42 Å². The molecule has 0 fully saturated rings. The molecule has 0 heterocycles. The molecule has 2 aromatic carbocycles. The molecule has 0 bridgehead atoms. The molecule has 21 heavy (non-hydrogen) atoms. The lowest BCUT2D eigenvalue weighted by atomic mass is 10.1. The number of rotatable bonds is 6. The summed E-state index contributed by atoms with van der Waals surface area (Å²) in [5.74, 6) is 1.19. The van der Waals surface area contributed by atoms with E-state index in [1.807, 2.05) is 30.0 Å². The van der Waals surface area contributed by atoms with E-state index in [-0.39, 0.29) is 11.1 Å². The molecule has 0 amide bonds. The Hall–Kier alpha value is -1.74. The van der Waals surface area contributed by atoms with Crippen molar-refractivity contribution in [2.45, 2.75) is 31.3 Å². The molecule has 0 aromatic heterocycles. The molecule has 3 heteroatoms. The van der Waals surface area contributed by atoms with Crippen LogP contribution in [0.15, 0.2) is 48.5 Å². The van der Waals surface area contributed by atoms with Crippen LogP contribution in [0.1, 0.15) is 33.9 Å². The van der Waals surface area contributed by atoms with Crippen molar-refractivity contribution < 1.29 is 0 Å². The van der Waals surface area contributed by atoms with Gasteiger partial charge in [-0.2, -0.15) is 0 Å². The molecule has 0 saturated carbocycles. The highest BCUT2D eigenvalue weighted by atomic mass is 32.2. The maximum absolute atomic E-state index is 7.59. The van der Waals surface area contributed by atoms with Crippen LogP contribution in [0.5, 0.6) is 0 Å². The summed E-state index contributed by atoms with van der Waals surface area (Å²) in [6.45, 7) is 4.26. The molecule has 0 spiro atoms. The summed E-state index contributed by atoms with van der Waals surface area (Å²) < 4.78 is 0. The molecule has 3 N–H and O–H groups in total. The Morgan fingerprint density at radius 1 is 1.10 bits per heavy atom. The Morgan fingerprint density at radius 3 is 2.29 bits per heavy atom. The van der Waals surface area contributed by atoms with E-state index in [0.717, 1.165) is 5.75 Å². The van der Waals surface area contributed by atoms with Crippen LogP contribution in [0.2, 0.25) is 0 Å². The Morgan fingerprint density at radius 2 is 1.71 bits per heavy atom. The van der Waals surface area contributed by atoms with Crippen LogP contribution in [-0.4, -0.2) is 5.84 Å². The van der Waals surface area contributed by atoms with E-state index in [2.05, 4.69) is 44.2 Å². The Bertz CT molecular complexity index is 588. The summed E-state index contributed by atoms with van der Waals surface area (Å²) in [6.07, 6.45) is 0.597. The van der Waals surface area contributed by atoms with Crippen molar-refractivity contribution in [3.63, 3.8) is 0 Å². The minimum atomic E-state index is 0.240. The molecule has 2 aromatic rings. The van der Waals surface area contributed by atoms with Crippen LogP contribution in [-0.2, 0) is 5.75 Å². The van der Waals surface area contributed by atoms with Crippen LogP contribution in [0.4, 0.5) is 0 Å². The number of amidine groups is 1. The van der Waals surface area contributed by atoms with Gasteiger partial charge in [0.25, 0.3) is 0 Å². The number of nitrogens with two attached hydrogens (primary N) is 1. The second-order valence-corrected chi connectivity index (χ2v) is 6.63. The van der Waals surface area contributed by atoms with Crippen molar-refractivity contribution in [2.24, 2.45) is 5.73 Å². The molecule has 0 aliphatic rings. The summed E-state index contributed by atoms with van der Waals surface area (Å²) >= 11 is 1.85. The summed E-state index contributed by atoms with van der Waals surface area (Å²) in [6, 6.07) is 17.0. The van der Waals surface area contributed by atoms with Gasteiger partial charge in [-0.3, -0.25) is 5.41 Å². The predicted octanol–water partition coefficient (Wildman–Crippen LogP) is 4.60. The number of hydrogen-bond donors (Lipinski definition) is 2. The number of nitrogens with one attached hydrogen (secondary N) is 1. The molecule has 1 unspecified atom stereocenters. The van der Waals surface area contributed by atoms with E-state index < -0.39 is 0 Å². The zero-order chi connectivity index (χ0) is 15.2. The van der Waals surface area contributed by atoms with Gasteiger partial charge in [0.1, 0.15) is 0 Å². The summed E-state index contributed by atoms with van der Waals surface area (Å²) in [7, 11) is 0. The van der Waals surface area contributed by atoms with Crippen LogP contribution in [0, 0.1) is 19.3 Å². The van der Waals surface area contributed by atoms with Crippen molar-refractivity contribution in [1.82, 2.24) is 0 Å². The molecular formula is C18H22N2S. The zero-order valence-corrected chi connectivity index (χ0v) is 13.4. The largest absolute Gasteiger partial charge is 0.388 e. The first-order chi connectivity index (χ1) is 10.0. The maximum atomic E-state index is 7.59. The summed E-state index contributed by atoms with van der Waals surface area (Å²) in [5.41, 5.74) is 10.8. The number of benzene rings is 2. The average Bonchev–Trinajstić information content (AvgIpc) is 2.43. The zero-order valence-electron chi connectivity index (χ0n) is 12.6. The van der Waals surface area contributed by atoms with Gasteiger partial charge in [0.15, 0.2) is 0 Å². The fourth-order valence-electron chi connectivity index (χ4n) is 2.49. The van der Waals surface area contributed by atoms with Gasteiger partial charge >= 0.3 is 0 Å². The van der Waals surface area contributed by atoms with Crippen molar-refractivity contribution in [3.8, 4) is 0 Å². The standard InChI is InChI=1S/C18H22N2S/c1-13-8-14(2)10-15(9-13)12-21-17(11-18(19)20)16-6-4-3-5-7-16/h3-10,17H,11-12H2,1-2H3,(H3,19,20). The Kier molecular flexibility index (Phi) is 5.45. The first kappa shape index (κ1) is 15.6. The van der Waals surface area contributed by atoms with E-state index in [9.17, 15) is 0 Å². The highest BCUT2D eigenvalue weighted by Crippen LogP contribution is 2.34. The van der Waals surface area contributed by atoms with Crippen molar-refractivity contribution >= 4 is 17.6 Å². The highest BCUT2D eigenvalue weighted by molar-refractivity contribution is 7.98. The Balaban J connectivity index is 2.10. The quantitative estimate of drug-likeness (QED) is 0.604. The molecule has 110 valence electrons. The molecule has 0 aliphatic carbocycles. The van der Waals surface area contributed by atoms with Gasteiger partial charge in [-0.05, 0) is 25.0 Å². The number of thioether (sulfide) groups is 1. The number of hydrogen-bond acceptors (Lipinski definition) is 2. The third kappa shape index (κ3) is 4.94. The average molecular weight is 298 g/mol. The van der Waals surface area contributed by atoms with Gasteiger partial charge in [-0.1, -0.05) is 59.7 Å². The monoisotopic (exact) mass is 298 g/mol. The second-order valence-electron chi connectivity index (χ2n) is 5.44. The fraction of sp³-hybridized carbons (Fsp3) is 0.278. The van der Waals surface area contributed by atoms with Gasteiger partial charge in [0.05, 0.1) is 5.84 Å². The third-order valence-electron chi connectivity index (χ3n) is 3.31. The lowest BCUT2D eigenvalue weighted by Gasteiger charge is -2.17. The first-order valence-corrected chi connectivity index (χ1v) is 8.16. The van der Waals surface area contributed by atoms with Crippen molar-refractivity contribution in [2.75, 3.05) is 0 Å².